The summed E-state index contributed by atoms with van der Waals surface area (Å²) in [5, 5.41) is 10.8. The van der Waals surface area contributed by atoms with Gasteiger partial charge in [-0.05, 0) is 11.4 Å². The fraction of sp³-hybridized carbons (Fsp3) is 0.273. The summed E-state index contributed by atoms with van der Waals surface area (Å²) in [6, 6.07) is 1.50. The van der Waals surface area contributed by atoms with Crippen molar-refractivity contribution in [3.8, 4) is 0 Å². The molecule has 1 heterocycles. The maximum absolute atomic E-state index is 12.3. The van der Waals surface area contributed by atoms with Crippen molar-refractivity contribution in [2.75, 3.05) is 13.1 Å². The summed E-state index contributed by atoms with van der Waals surface area (Å²) in [4.78, 5) is 0.608. The van der Waals surface area contributed by atoms with Crippen LogP contribution in [-0.4, -0.2) is 30.9 Å². The van der Waals surface area contributed by atoms with E-state index in [9.17, 15) is 8.42 Å². The van der Waals surface area contributed by atoms with E-state index in [2.05, 4.69) is 13.2 Å². The highest BCUT2D eigenvalue weighted by Crippen LogP contribution is 2.25. The van der Waals surface area contributed by atoms with E-state index in [0.717, 1.165) is 0 Å². The summed E-state index contributed by atoms with van der Waals surface area (Å²) in [6.45, 7) is 7.23. The van der Waals surface area contributed by atoms with Gasteiger partial charge in [0.05, 0.1) is 11.5 Å². The summed E-state index contributed by atoms with van der Waals surface area (Å²) in [5.74, 6) is 0. The van der Waals surface area contributed by atoms with E-state index < -0.39 is 10.0 Å². The SMILES string of the molecule is C=CCN(CC=C)S(=O)(=O)c1ccsc1CO. The zero-order chi connectivity index (χ0) is 12.9. The molecule has 0 aliphatic rings. The van der Waals surface area contributed by atoms with Crippen molar-refractivity contribution < 1.29 is 13.5 Å². The van der Waals surface area contributed by atoms with E-state index in [1.807, 2.05) is 0 Å². The maximum Gasteiger partial charge on any atom is 0.244 e. The van der Waals surface area contributed by atoms with Crippen LogP contribution in [0.1, 0.15) is 4.88 Å². The first kappa shape index (κ1) is 14.1. The number of aliphatic hydroxyl groups is 1. The largest absolute Gasteiger partial charge is 0.391 e. The van der Waals surface area contributed by atoms with Crippen molar-refractivity contribution in [3.05, 3.63) is 41.6 Å². The van der Waals surface area contributed by atoms with Crippen LogP contribution >= 0.6 is 11.3 Å². The van der Waals surface area contributed by atoms with Crippen LogP contribution in [0.25, 0.3) is 0 Å². The molecule has 1 aromatic rings. The van der Waals surface area contributed by atoms with Crippen molar-refractivity contribution in [1.82, 2.24) is 4.31 Å². The van der Waals surface area contributed by atoms with Crippen LogP contribution in [0.5, 0.6) is 0 Å². The first-order valence-corrected chi connectivity index (χ1v) is 7.29. The highest BCUT2D eigenvalue weighted by atomic mass is 32.2. The zero-order valence-corrected chi connectivity index (χ0v) is 11.0. The molecule has 1 rings (SSSR count). The third-order valence-electron chi connectivity index (χ3n) is 2.13. The molecule has 0 atom stereocenters. The molecule has 94 valence electrons. The lowest BCUT2D eigenvalue weighted by molar-refractivity contribution is 0.282. The van der Waals surface area contributed by atoms with Crippen LogP contribution in [0, 0.1) is 0 Å². The zero-order valence-electron chi connectivity index (χ0n) is 9.37. The normalized spacial score (nSPS) is 11.6. The molecule has 0 fully saturated rings. The van der Waals surface area contributed by atoms with Crippen LogP contribution in [-0.2, 0) is 16.6 Å². The van der Waals surface area contributed by atoms with E-state index in [1.54, 1.807) is 5.38 Å². The molecule has 4 nitrogen and oxygen atoms in total. The molecule has 0 aromatic carbocycles. The molecule has 6 heteroatoms. The average molecular weight is 273 g/mol. The van der Waals surface area contributed by atoms with Gasteiger partial charge in [-0.3, -0.25) is 0 Å². The molecule has 0 saturated heterocycles. The maximum atomic E-state index is 12.3. The third kappa shape index (κ3) is 3.04. The van der Waals surface area contributed by atoms with Crippen LogP contribution < -0.4 is 0 Å². The fourth-order valence-electron chi connectivity index (χ4n) is 1.37. The molecule has 0 bridgehead atoms. The van der Waals surface area contributed by atoms with Gasteiger partial charge in [0, 0.05) is 18.0 Å². The quantitative estimate of drug-likeness (QED) is 0.768. The van der Waals surface area contributed by atoms with Gasteiger partial charge in [0.1, 0.15) is 0 Å². The van der Waals surface area contributed by atoms with E-state index in [1.165, 1.54) is 33.9 Å². The van der Waals surface area contributed by atoms with Gasteiger partial charge in [0.2, 0.25) is 10.0 Å². The molecule has 0 radical (unpaired) electrons. The Kier molecular flexibility index (Phi) is 5.07. The summed E-state index contributed by atoms with van der Waals surface area (Å²) in [5.41, 5.74) is 0. The van der Waals surface area contributed by atoms with Gasteiger partial charge in [0.25, 0.3) is 0 Å². The number of thiophene rings is 1. The van der Waals surface area contributed by atoms with Gasteiger partial charge in [-0.25, -0.2) is 8.42 Å². The number of nitrogens with zero attached hydrogens (tertiary/aromatic N) is 1. The number of aliphatic hydroxyl groups excluding tert-OH is 1. The first-order chi connectivity index (χ1) is 8.07. The van der Waals surface area contributed by atoms with Gasteiger partial charge >= 0.3 is 0 Å². The fourth-order valence-corrected chi connectivity index (χ4v) is 4.02. The number of hydrogen-bond acceptors (Lipinski definition) is 4. The monoisotopic (exact) mass is 273 g/mol. The van der Waals surface area contributed by atoms with Gasteiger partial charge in [-0.1, -0.05) is 12.2 Å². The summed E-state index contributed by atoms with van der Waals surface area (Å²) in [7, 11) is -3.58. The van der Waals surface area contributed by atoms with Crippen LogP contribution in [0.2, 0.25) is 0 Å². The molecule has 0 aliphatic carbocycles. The van der Waals surface area contributed by atoms with Crippen molar-refractivity contribution >= 4 is 21.4 Å². The minimum atomic E-state index is -3.58. The minimum Gasteiger partial charge on any atom is -0.391 e. The Balaban J connectivity index is 3.15. The summed E-state index contributed by atoms with van der Waals surface area (Å²) in [6.07, 6.45) is 3.04. The van der Waals surface area contributed by atoms with Gasteiger partial charge in [-0.15, -0.1) is 24.5 Å². The first-order valence-electron chi connectivity index (χ1n) is 4.97. The van der Waals surface area contributed by atoms with E-state index >= 15 is 0 Å². The van der Waals surface area contributed by atoms with Gasteiger partial charge in [-0.2, -0.15) is 4.31 Å². The van der Waals surface area contributed by atoms with Crippen molar-refractivity contribution in [3.63, 3.8) is 0 Å². The molecule has 1 aromatic heterocycles. The molecular formula is C11H15NO3S2. The second-order valence-corrected chi connectivity index (χ2v) is 6.17. The smallest absolute Gasteiger partial charge is 0.244 e. The van der Waals surface area contributed by atoms with Crippen LogP contribution in [0.4, 0.5) is 0 Å². The predicted octanol–water partition coefficient (Wildman–Crippen LogP) is 1.60. The Morgan fingerprint density at radius 1 is 1.35 bits per heavy atom. The second-order valence-electron chi connectivity index (χ2n) is 3.27. The van der Waals surface area contributed by atoms with E-state index in [0.29, 0.717) is 4.88 Å². The lowest BCUT2D eigenvalue weighted by Crippen LogP contribution is -2.31. The third-order valence-corrected chi connectivity index (χ3v) is 5.08. The Morgan fingerprint density at radius 3 is 2.41 bits per heavy atom. The average Bonchev–Trinajstić information content (AvgIpc) is 2.77. The number of sulfonamides is 1. The molecule has 0 amide bonds. The van der Waals surface area contributed by atoms with Crippen molar-refractivity contribution in [1.29, 1.82) is 0 Å². The lowest BCUT2D eigenvalue weighted by Gasteiger charge is -2.18. The van der Waals surface area contributed by atoms with Crippen LogP contribution in [0.15, 0.2) is 41.7 Å². The topological polar surface area (TPSA) is 57.6 Å². The predicted molar refractivity (Wildman–Crippen MR) is 69.4 cm³/mol. The summed E-state index contributed by atoms with van der Waals surface area (Å²) < 4.78 is 25.8. The molecule has 0 saturated carbocycles. The van der Waals surface area contributed by atoms with Crippen LogP contribution in [0.3, 0.4) is 0 Å². The Labute approximate surface area is 106 Å². The Morgan fingerprint density at radius 2 is 1.94 bits per heavy atom. The summed E-state index contributed by atoms with van der Waals surface area (Å²) >= 11 is 1.22. The molecule has 17 heavy (non-hydrogen) atoms. The number of rotatable bonds is 7. The standard InChI is InChI=1S/C11H15NO3S2/c1-3-6-12(7-4-2)17(14,15)11-5-8-16-10(11)9-13/h3-5,8,13H,1-2,6-7,9H2. The van der Waals surface area contributed by atoms with E-state index in [4.69, 9.17) is 5.11 Å². The Bertz CT molecular complexity index is 481. The highest BCUT2D eigenvalue weighted by Gasteiger charge is 2.25. The second kappa shape index (κ2) is 6.11. The van der Waals surface area contributed by atoms with Crippen molar-refractivity contribution in [2.24, 2.45) is 0 Å². The molecule has 0 aliphatic heterocycles. The van der Waals surface area contributed by atoms with Crippen molar-refractivity contribution in [2.45, 2.75) is 11.5 Å². The Hall–Kier alpha value is -0.950. The number of hydrogen-bond donors (Lipinski definition) is 1. The molecular weight excluding hydrogens is 258 g/mol. The molecule has 1 N–H and O–H groups in total. The molecule has 0 spiro atoms. The lowest BCUT2D eigenvalue weighted by atomic mass is 10.5. The van der Waals surface area contributed by atoms with Gasteiger partial charge in [0.15, 0.2) is 0 Å². The van der Waals surface area contributed by atoms with E-state index in [-0.39, 0.29) is 24.6 Å². The molecule has 0 unspecified atom stereocenters. The minimum absolute atomic E-state index is 0.161. The van der Waals surface area contributed by atoms with Gasteiger partial charge < -0.3 is 5.11 Å². The highest BCUT2D eigenvalue weighted by molar-refractivity contribution is 7.89.